The first-order valence-corrected chi connectivity index (χ1v) is 3.38. The molecule has 2 nitrogen and oxygen atoms in total. The summed E-state index contributed by atoms with van der Waals surface area (Å²) in [6.07, 6.45) is 3.35. The Morgan fingerprint density at radius 1 is 1.40 bits per heavy atom. The number of hydrogen-bond acceptors (Lipinski definition) is 2. The van der Waals surface area contributed by atoms with E-state index in [-0.39, 0.29) is 5.41 Å². The summed E-state index contributed by atoms with van der Waals surface area (Å²) in [4.78, 5) is 4.10. The average molecular weight is 140 g/mol. The number of aliphatic imine (C=N–C) groups is 1. The maximum atomic E-state index is 5.24. The largest absolute Gasteiger partial charge is 0.405 e. The highest BCUT2D eigenvalue weighted by atomic mass is 14.7. The highest BCUT2D eigenvalue weighted by molar-refractivity contribution is 5.98. The molecule has 0 aliphatic heterocycles. The zero-order chi connectivity index (χ0) is 8.20. The van der Waals surface area contributed by atoms with Crippen LogP contribution in [0.15, 0.2) is 17.3 Å². The van der Waals surface area contributed by atoms with Gasteiger partial charge in [-0.3, -0.25) is 4.99 Å². The highest BCUT2D eigenvalue weighted by Crippen LogP contribution is 2.16. The molecule has 0 radical (unpaired) electrons. The number of hydrogen-bond donors (Lipinski definition) is 1. The summed E-state index contributed by atoms with van der Waals surface area (Å²) in [7, 11) is 1.78. The van der Waals surface area contributed by atoms with E-state index in [0.29, 0.717) is 0 Å². The van der Waals surface area contributed by atoms with E-state index in [1.54, 1.807) is 7.05 Å². The summed E-state index contributed by atoms with van der Waals surface area (Å²) in [5.41, 5.74) is 6.37. The smallest absolute Gasteiger partial charge is 0.0412 e. The molecule has 0 amide bonds. The molecule has 10 heavy (non-hydrogen) atoms. The Labute approximate surface area is 62.8 Å². The van der Waals surface area contributed by atoms with Crippen LogP contribution in [0, 0.1) is 5.41 Å². The van der Waals surface area contributed by atoms with Crippen LogP contribution in [-0.4, -0.2) is 12.8 Å². The summed E-state index contributed by atoms with van der Waals surface area (Å²) in [5, 5.41) is 0. The van der Waals surface area contributed by atoms with E-state index in [2.05, 4.69) is 25.8 Å². The molecule has 0 atom stereocenters. The summed E-state index contributed by atoms with van der Waals surface area (Å²) < 4.78 is 0. The molecular formula is C8H16N2. The van der Waals surface area contributed by atoms with Gasteiger partial charge in [-0.05, 0) is 12.3 Å². The van der Waals surface area contributed by atoms with Crippen molar-refractivity contribution in [3.8, 4) is 0 Å². The van der Waals surface area contributed by atoms with Crippen LogP contribution in [0.3, 0.4) is 0 Å². The Hall–Kier alpha value is -0.790. The summed E-state index contributed by atoms with van der Waals surface area (Å²) in [5.74, 6) is 0. The van der Waals surface area contributed by atoms with Crippen molar-refractivity contribution < 1.29 is 0 Å². The van der Waals surface area contributed by atoms with Crippen LogP contribution in [0.2, 0.25) is 0 Å². The van der Waals surface area contributed by atoms with Gasteiger partial charge in [-0.1, -0.05) is 20.8 Å². The minimum atomic E-state index is 0.102. The predicted molar refractivity (Wildman–Crippen MR) is 46.1 cm³/mol. The lowest BCUT2D eigenvalue weighted by atomic mass is 9.90. The van der Waals surface area contributed by atoms with Gasteiger partial charge in [-0.25, -0.2) is 0 Å². The van der Waals surface area contributed by atoms with Crippen molar-refractivity contribution in [3.63, 3.8) is 0 Å². The van der Waals surface area contributed by atoms with Crippen LogP contribution in [0.1, 0.15) is 20.8 Å². The van der Waals surface area contributed by atoms with Gasteiger partial charge in [0.1, 0.15) is 0 Å². The highest BCUT2D eigenvalue weighted by Gasteiger charge is 2.14. The van der Waals surface area contributed by atoms with Crippen molar-refractivity contribution >= 4 is 5.71 Å². The Balaban J connectivity index is 4.39. The molecular weight excluding hydrogens is 124 g/mol. The van der Waals surface area contributed by atoms with Gasteiger partial charge in [0.05, 0.1) is 0 Å². The maximum absolute atomic E-state index is 5.24. The van der Waals surface area contributed by atoms with Gasteiger partial charge in [0.25, 0.3) is 0 Å². The summed E-state index contributed by atoms with van der Waals surface area (Å²) >= 11 is 0. The third-order valence-electron chi connectivity index (χ3n) is 1.26. The fourth-order valence-corrected chi connectivity index (χ4v) is 0.751. The first kappa shape index (κ1) is 9.21. The van der Waals surface area contributed by atoms with Crippen LogP contribution < -0.4 is 5.73 Å². The number of nitrogens with two attached hydrogens (primary N) is 1. The standard InChI is InChI=1S/C8H16N2/c1-8(2,3)7(10-4)5-6-9/h5-6H,9H2,1-4H3. The monoisotopic (exact) mass is 140 g/mol. The molecule has 0 fully saturated rings. The van der Waals surface area contributed by atoms with E-state index in [1.165, 1.54) is 6.20 Å². The Kier molecular flexibility index (Phi) is 3.13. The van der Waals surface area contributed by atoms with E-state index in [4.69, 9.17) is 5.73 Å². The second-order valence-corrected chi connectivity index (χ2v) is 3.22. The van der Waals surface area contributed by atoms with Gasteiger partial charge < -0.3 is 5.73 Å². The first-order chi connectivity index (χ1) is 4.52. The van der Waals surface area contributed by atoms with Crippen molar-refractivity contribution in [1.29, 1.82) is 0 Å². The zero-order valence-electron chi connectivity index (χ0n) is 7.18. The van der Waals surface area contributed by atoms with E-state index < -0.39 is 0 Å². The molecule has 2 heteroatoms. The quantitative estimate of drug-likeness (QED) is 0.552. The SMILES string of the molecule is CN=C(C=CN)C(C)(C)C. The van der Waals surface area contributed by atoms with Gasteiger partial charge >= 0.3 is 0 Å². The minimum absolute atomic E-state index is 0.102. The van der Waals surface area contributed by atoms with Crippen molar-refractivity contribution in [2.75, 3.05) is 7.05 Å². The fraction of sp³-hybridized carbons (Fsp3) is 0.625. The van der Waals surface area contributed by atoms with Crippen molar-refractivity contribution in [2.24, 2.45) is 16.1 Å². The maximum Gasteiger partial charge on any atom is 0.0412 e. The molecule has 0 aromatic carbocycles. The van der Waals surface area contributed by atoms with Gasteiger partial charge in [-0.15, -0.1) is 0 Å². The molecule has 58 valence electrons. The molecule has 0 aliphatic carbocycles. The van der Waals surface area contributed by atoms with E-state index in [1.807, 2.05) is 6.08 Å². The molecule has 0 bridgehead atoms. The second-order valence-electron chi connectivity index (χ2n) is 3.22. The van der Waals surface area contributed by atoms with Crippen LogP contribution >= 0.6 is 0 Å². The van der Waals surface area contributed by atoms with Crippen molar-refractivity contribution in [1.82, 2.24) is 0 Å². The van der Waals surface area contributed by atoms with E-state index in [0.717, 1.165) is 5.71 Å². The molecule has 0 aromatic heterocycles. The fourth-order valence-electron chi connectivity index (χ4n) is 0.751. The van der Waals surface area contributed by atoms with Gasteiger partial charge in [0, 0.05) is 18.2 Å². The topological polar surface area (TPSA) is 38.4 Å². The molecule has 0 unspecified atom stereocenters. The number of rotatable bonds is 1. The van der Waals surface area contributed by atoms with E-state index in [9.17, 15) is 0 Å². The van der Waals surface area contributed by atoms with Gasteiger partial charge in [-0.2, -0.15) is 0 Å². The number of allylic oxidation sites excluding steroid dienone is 1. The average Bonchev–Trinajstić information content (AvgIpc) is 1.80. The molecule has 0 saturated heterocycles. The summed E-state index contributed by atoms with van der Waals surface area (Å²) in [6, 6.07) is 0. The van der Waals surface area contributed by atoms with Crippen LogP contribution in [0.5, 0.6) is 0 Å². The molecule has 0 spiro atoms. The van der Waals surface area contributed by atoms with Gasteiger partial charge in [0.15, 0.2) is 0 Å². The Morgan fingerprint density at radius 2 is 1.90 bits per heavy atom. The van der Waals surface area contributed by atoms with Crippen LogP contribution in [0.25, 0.3) is 0 Å². The third kappa shape index (κ3) is 2.67. The van der Waals surface area contributed by atoms with E-state index >= 15 is 0 Å². The molecule has 0 heterocycles. The lowest BCUT2D eigenvalue weighted by molar-refractivity contribution is 0.593. The first-order valence-electron chi connectivity index (χ1n) is 3.38. The van der Waals surface area contributed by atoms with Crippen molar-refractivity contribution in [2.45, 2.75) is 20.8 Å². The number of nitrogens with zero attached hydrogens (tertiary/aromatic N) is 1. The predicted octanol–water partition coefficient (Wildman–Crippen LogP) is 1.58. The molecule has 2 N–H and O–H groups in total. The Bertz CT molecular complexity index is 149. The molecule has 0 rings (SSSR count). The molecule has 0 saturated carbocycles. The van der Waals surface area contributed by atoms with Gasteiger partial charge in [0.2, 0.25) is 0 Å². The molecule has 0 aliphatic rings. The second kappa shape index (κ2) is 3.40. The molecule has 0 aromatic rings. The van der Waals surface area contributed by atoms with Crippen LogP contribution in [0.4, 0.5) is 0 Å². The summed E-state index contributed by atoms with van der Waals surface area (Å²) in [6.45, 7) is 6.32. The normalized spacial score (nSPS) is 14.6. The lowest BCUT2D eigenvalue weighted by Gasteiger charge is -2.17. The van der Waals surface area contributed by atoms with Crippen LogP contribution in [-0.2, 0) is 0 Å². The zero-order valence-corrected chi connectivity index (χ0v) is 7.18. The van der Waals surface area contributed by atoms with Crippen molar-refractivity contribution in [3.05, 3.63) is 12.3 Å². The Morgan fingerprint density at radius 3 is 2.00 bits per heavy atom. The third-order valence-corrected chi connectivity index (χ3v) is 1.26. The minimum Gasteiger partial charge on any atom is -0.405 e. The lowest BCUT2D eigenvalue weighted by Crippen LogP contribution is -2.18.